The Morgan fingerprint density at radius 1 is 1.33 bits per heavy atom. The lowest BCUT2D eigenvalue weighted by Gasteiger charge is -2.03. The summed E-state index contributed by atoms with van der Waals surface area (Å²) < 4.78 is 4.99. The molecule has 12 heavy (non-hydrogen) atoms. The van der Waals surface area contributed by atoms with Crippen molar-refractivity contribution in [3.63, 3.8) is 0 Å². The molecule has 1 heterocycles. The van der Waals surface area contributed by atoms with Crippen LogP contribution in [0.1, 0.15) is 10.8 Å². The van der Waals surface area contributed by atoms with Gasteiger partial charge in [-0.2, -0.15) is 0 Å². The van der Waals surface area contributed by atoms with Gasteiger partial charge in [-0.25, -0.2) is 0 Å². The minimum Gasteiger partial charge on any atom is -0.306 e. The molecule has 1 aromatic carbocycles. The average Bonchev–Trinajstić information content (AvgIpc) is 2.53. The van der Waals surface area contributed by atoms with E-state index in [1.165, 1.54) is 12.0 Å². The van der Waals surface area contributed by atoms with E-state index in [9.17, 15) is 4.79 Å². The maximum atomic E-state index is 11.2. The van der Waals surface area contributed by atoms with E-state index < -0.39 is 0 Å². The van der Waals surface area contributed by atoms with E-state index in [0.717, 1.165) is 5.56 Å². The first-order chi connectivity index (χ1) is 5.88. The summed E-state index contributed by atoms with van der Waals surface area (Å²) in [6.07, 6.45) is 0. The fourth-order valence-corrected chi connectivity index (χ4v) is 1.92. The third-order valence-electron chi connectivity index (χ3n) is 1.76. The molecule has 1 aromatic rings. The van der Waals surface area contributed by atoms with E-state index in [4.69, 9.17) is 4.18 Å². The minimum absolute atomic E-state index is 0.105. The summed E-state index contributed by atoms with van der Waals surface area (Å²) in [4.78, 5) is 11.2. The van der Waals surface area contributed by atoms with Crippen molar-refractivity contribution >= 4 is 17.8 Å². The minimum atomic E-state index is -0.105. The van der Waals surface area contributed by atoms with Gasteiger partial charge in [-0.1, -0.05) is 30.3 Å². The Balaban J connectivity index is 2.25. The smallest absolute Gasteiger partial charge is 0.179 e. The van der Waals surface area contributed by atoms with Crippen LogP contribution < -0.4 is 0 Å². The van der Waals surface area contributed by atoms with Crippen molar-refractivity contribution < 1.29 is 8.98 Å². The molecule has 1 aliphatic heterocycles. The number of hydrogen-bond donors (Lipinski definition) is 0. The van der Waals surface area contributed by atoms with E-state index in [0.29, 0.717) is 0 Å². The van der Waals surface area contributed by atoms with Crippen LogP contribution in [0.4, 0.5) is 0 Å². The third kappa shape index (κ3) is 1.38. The highest BCUT2D eigenvalue weighted by molar-refractivity contribution is 7.96. The summed E-state index contributed by atoms with van der Waals surface area (Å²) in [7, 11) is 0. The number of carbonyl (C=O) groups excluding carboxylic acids is 1. The molecule has 0 aliphatic carbocycles. The van der Waals surface area contributed by atoms with Gasteiger partial charge in [0.2, 0.25) is 0 Å². The van der Waals surface area contributed by atoms with Gasteiger partial charge in [-0.05, 0) is 5.56 Å². The molecule has 1 aliphatic rings. The Labute approximate surface area is 75.1 Å². The van der Waals surface area contributed by atoms with E-state index in [2.05, 4.69) is 0 Å². The SMILES string of the molecule is O=C1COSC1c1ccccc1. The van der Waals surface area contributed by atoms with E-state index >= 15 is 0 Å². The first-order valence-corrected chi connectivity index (χ1v) is 4.54. The van der Waals surface area contributed by atoms with Crippen molar-refractivity contribution in [3.8, 4) is 0 Å². The van der Waals surface area contributed by atoms with E-state index in [1.54, 1.807) is 0 Å². The summed E-state index contributed by atoms with van der Waals surface area (Å²) in [5, 5.41) is -0.105. The zero-order chi connectivity index (χ0) is 8.39. The van der Waals surface area contributed by atoms with Gasteiger partial charge in [-0.15, -0.1) is 0 Å². The largest absolute Gasteiger partial charge is 0.306 e. The van der Waals surface area contributed by atoms with Crippen molar-refractivity contribution in [1.29, 1.82) is 0 Å². The van der Waals surface area contributed by atoms with Crippen LogP contribution in [-0.4, -0.2) is 12.4 Å². The van der Waals surface area contributed by atoms with Crippen molar-refractivity contribution in [1.82, 2.24) is 0 Å². The number of rotatable bonds is 1. The zero-order valence-corrected chi connectivity index (χ0v) is 7.21. The molecule has 3 heteroatoms. The highest BCUT2D eigenvalue weighted by Gasteiger charge is 2.27. The van der Waals surface area contributed by atoms with Crippen LogP contribution >= 0.6 is 12.0 Å². The fourth-order valence-electron chi connectivity index (χ4n) is 1.16. The summed E-state index contributed by atoms with van der Waals surface area (Å²) in [5.74, 6) is 0.159. The first kappa shape index (κ1) is 7.83. The number of Topliss-reactive ketones (excluding diaryl/α,β-unsaturated/α-hetero) is 1. The van der Waals surface area contributed by atoms with Gasteiger partial charge >= 0.3 is 0 Å². The standard InChI is InChI=1S/C9H8O2S/c10-8-6-11-12-9(8)7-4-2-1-3-5-7/h1-5,9H,6H2. The predicted octanol–water partition coefficient (Wildman–Crippen LogP) is 1.98. The molecule has 0 saturated carbocycles. The summed E-state index contributed by atoms with van der Waals surface area (Å²) >= 11 is 1.25. The van der Waals surface area contributed by atoms with Crippen molar-refractivity contribution in [2.24, 2.45) is 0 Å². The second-order valence-corrected chi connectivity index (χ2v) is 3.52. The highest BCUT2D eigenvalue weighted by atomic mass is 32.2. The molecule has 1 fully saturated rings. The average molecular weight is 180 g/mol. The topological polar surface area (TPSA) is 26.3 Å². The van der Waals surface area contributed by atoms with Crippen LogP contribution in [0.25, 0.3) is 0 Å². The molecule has 0 radical (unpaired) electrons. The summed E-state index contributed by atoms with van der Waals surface area (Å²) in [6.45, 7) is 0.240. The van der Waals surface area contributed by atoms with Crippen molar-refractivity contribution in [2.75, 3.05) is 6.61 Å². The van der Waals surface area contributed by atoms with Gasteiger partial charge in [0.25, 0.3) is 0 Å². The molecule has 2 nitrogen and oxygen atoms in total. The van der Waals surface area contributed by atoms with E-state index in [1.807, 2.05) is 30.3 Å². The molecule has 62 valence electrons. The Kier molecular flexibility index (Phi) is 2.15. The van der Waals surface area contributed by atoms with Crippen LogP contribution in [0, 0.1) is 0 Å². The number of ketones is 1. The normalized spacial score (nSPS) is 23.0. The van der Waals surface area contributed by atoms with Gasteiger partial charge in [-0.3, -0.25) is 4.79 Å². The predicted molar refractivity (Wildman–Crippen MR) is 47.7 cm³/mol. The van der Waals surface area contributed by atoms with Crippen molar-refractivity contribution in [2.45, 2.75) is 5.25 Å². The highest BCUT2D eigenvalue weighted by Crippen LogP contribution is 2.35. The molecule has 1 saturated heterocycles. The lowest BCUT2D eigenvalue weighted by Crippen LogP contribution is -2.04. The van der Waals surface area contributed by atoms with Crippen LogP contribution in [0.2, 0.25) is 0 Å². The van der Waals surface area contributed by atoms with Gasteiger partial charge in [0.05, 0.1) is 0 Å². The fraction of sp³-hybridized carbons (Fsp3) is 0.222. The third-order valence-corrected chi connectivity index (χ3v) is 2.74. The number of carbonyl (C=O) groups is 1. The maximum absolute atomic E-state index is 11.2. The Hall–Kier alpha value is -0.800. The maximum Gasteiger partial charge on any atom is 0.179 e. The lowest BCUT2D eigenvalue weighted by molar-refractivity contribution is -0.118. The van der Waals surface area contributed by atoms with Crippen LogP contribution in [-0.2, 0) is 8.98 Å². The second kappa shape index (κ2) is 3.29. The number of benzene rings is 1. The quantitative estimate of drug-likeness (QED) is 0.618. The summed E-state index contributed by atoms with van der Waals surface area (Å²) in [6, 6.07) is 9.70. The molecule has 0 bridgehead atoms. The second-order valence-electron chi connectivity index (χ2n) is 2.62. The van der Waals surface area contributed by atoms with E-state index in [-0.39, 0.29) is 17.6 Å². The molecule has 1 atom stereocenters. The van der Waals surface area contributed by atoms with Gasteiger partial charge in [0.15, 0.2) is 5.78 Å². The van der Waals surface area contributed by atoms with Crippen LogP contribution in [0.3, 0.4) is 0 Å². The molecule has 0 aromatic heterocycles. The Morgan fingerprint density at radius 2 is 2.08 bits per heavy atom. The molecule has 0 N–H and O–H groups in total. The Morgan fingerprint density at radius 3 is 2.67 bits per heavy atom. The molecule has 1 unspecified atom stereocenters. The van der Waals surface area contributed by atoms with Gasteiger partial charge < -0.3 is 4.18 Å². The monoisotopic (exact) mass is 180 g/mol. The van der Waals surface area contributed by atoms with Gasteiger partial charge in [0, 0.05) is 12.0 Å². The molecular formula is C9H8O2S. The molecule has 0 spiro atoms. The molecule has 2 rings (SSSR count). The zero-order valence-electron chi connectivity index (χ0n) is 6.40. The van der Waals surface area contributed by atoms with Crippen LogP contribution in [0.5, 0.6) is 0 Å². The van der Waals surface area contributed by atoms with Crippen molar-refractivity contribution in [3.05, 3.63) is 35.9 Å². The Bertz CT molecular complexity index is 284. The lowest BCUT2D eigenvalue weighted by atomic mass is 10.1. The summed E-state index contributed by atoms with van der Waals surface area (Å²) in [5.41, 5.74) is 1.03. The van der Waals surface area contributed by atoms with Crippen LogP contribution in [0.15, 0.2) is 30.3 Å². The van der Waals surface area contributed by atoms with Gasteiger partial charge in [0.1, 0.15) is 11.9 Å². The first-order valence-electron chi connectivity index (χ1n) is 3.74. The molecule has 0 amide bonds. The molecular weight excluding hydrogens is 172 g/mol. The number of hydrogen-bond acceptors (Lipinski definition) is 3.